The summed E-state index contributed by atoms with van der Waals surface area (Å²) in [4.78, 5) is 31.4. The van der Waals surface area contributed by atoms with Gasteiger partial charge in [-0.15, -0.1) is 0 Å². The summed E-state index contributed by atoms with van der Waals surface area (Å²) in [5, 5.41) is 0. The van der Waals surface area contributed by atoms with Crippen molar-refractivity contribution in [2.45, 2.75) is 0 Å². The lowest BCUT2D eigenvalue weighted by Crippen LogP contribution is -2.05. The molecule has 41 heavy (non-hydrogen) atoms. The van der Waals surface area contributed by atoms with Crippen molar-refractivity contribution in [1.82, 2.24) is 69.5 Å². The van der Waals surface area contributed by atoms with Crippen LogP contribution in [0.15, 0.2) is 0 Å². The number of nitrogen functional groups attached to an aromatic ring is 9. The summed E-state index contributed by atoms with van der Waals surface area (Å²) in [7, 11) is -10.3. The number of nitrogens with zero attached hydrogens (tertiary/aromatic N) is 9. The normalized spacial score (nSPS) is 8.98. The summed E-state index contributed by atoms with van der Waals surface area (Å²) in [5.41, 5.74) is 46.2. The van der Waals surface area contributed by atoms with Gasteiger partial charge in [0.2, 0.25) is 53.5 Å². The Kier molecular flexibility index (Phi) is 25.9. The first-order valence-corrected chi connectivity index (χ1v) is 10.6. The molecule has 240 valence electrons. The zero-order valence-corrected chi connectivity index (χ0v) is 23.4. The van der Waals surface area contributed by atoms with Crippen molar-refractivity contribution in [2.24, 2.45) is 0 Å². The summed E-state index contributed by atoms with van der Waals surface area (Å²) in [6.45, 7) is 0. The number of aromatic nitrogens is 9. The van der Waals surface area contributed by atoms with Crippen molar-refractivity contribution >= 4 is 74.3 Å². The van der Waals surface area contributed by atoms with E-state index < -0.39 is 20.8 Å². The first-order chi connectivity index (χ1) is 16.5. The topological polar surface area (TPSA) is 657 Å². The predicted octanol–water partition coefficient (Wildman–Crippen LogP) is -5.32. The quantitative estimate of drug-likeness (QED) is 0.0803. The smallest absolute Gasteiger partial charge is 0.226 e. The molecule has 34 N–H and O–H groups in total. The van der Waals surface area contributed by atoms with Crippen LogP contribution < -0.4 is 76.2 Å². The molecule has 32 heteroatoms. The average molecular weight is 643 g/mol. The van der Waals surface area contributed by atoms with E-state index in [1.165, 1.54) is 0 Å². The van der Waals surface area contributed by atoms with Crippen molar-refractivity contribution in [3.05, 3.63) is 0 Å². The van der Waals surface area contributed by atoms with Gasteiger partial charge in [-0.1, -0.05) is 0 Å². The standard InChI is InChI=1S/3C3H6N6.4H3N.2H2O4S/c3*4-1-7-2(5)9-3(6)8-1;;;;;2*1-5(2,3)4/h3*(H6,4,5,6,7,8,9);4*1H3;2*(H2,1,2,3,4). The first kappa shape index (κ1) is 48.8. The van der Waals surface area contributed by atoms with Crippen molar-refractivity contribution in [3.8, 4) is 0 Å². The predicted molar refractivity (Wildman–Crippen MR) is 144 cm³/mol. The molecule has 0 spiro atoms. The summed E-state index contributed by atoms with van der Waals surface area (Å²) in [6.07, 6.45) is 0. The van der Waals surface area contributed by atoms with E-state index in [0.717, 1.165) is 0 Å². The van der Waals surface area contributed by atoms with Crippen LogP contribution in [0.2, 0.25) is 0 Å². The van der Waals surface area contributed by atoms with Gasteiger partial charge >= 0.3 is 0 Å². The van der Waals surface area contributed by atoms with Gasteiger partial charge in [0.05, 0.1) is 0 Å². The van der Waals surface area contributed by atoms with Gasteiger partial charge < -0.3 is 94.4 Å². The van der Waals surface area contributed by atoms with Crippen LogP contribution in [0, 0.1) is 0 Å². The highest BCUT2D eigenvalue weighted by Crippen LogP contribution is 1.98. The molecule has 3 aromatic rings. The number of nitrogens with two attached hydrogens (primary N) is 9. The SMILES string of the molecule is Nc1nc(N)nc(N)n1.Nc1nc(N)nc(N)n1.Nc1nc(N)nc(N)n1.O=S(=O)([O-])[O-].O=S(=O)([O-])[O-].[NH4+].[NH4+].[NH4+].[NH4+]. The van der Waals surface area contributed by atoms with Gasteiger partial charge in [0.15, 0.2) is 0 Å². The average Bonchev–Trinajstić information content (AvgIpc) is 2.55. The highest BCUT2D eigenvalue weighted by Gasteiger charge is 1.95. The number of rotatable bonds is 0. The van der Waals surface area contributed by atoms with Crippen LogP contribution in [-0.2, 0) is 20.8 Å². The minimum absolute atomic E-state index is 0. The van der Waals surface area contributed by atoms with Crippen molar-refractivity contribution in [1.29, 1.82) is 0 Å². The maximum atomic E-state index is 8.52. The largest absolute Gasteiger partial charge is 0.759 e. The summed E-state index contributed by atoms with van der Waals surface area (Å²) in [5.74, 6) is 0.375. The van der Waals surface area contributed by atoms with Gasteiger partial charge in [-0.05, 0) is 0 Å². The molecule has 30 nitrogen and oxygen atoms in total. The van der Waals surface area contributed by atoms with Crippen LogP contribution in [0.3, 0.4) is 0 Å². The van der Waals surface area contributed by atoms with Gasteiger partial charge in [0, 0.05) is 20.8 Å². The second-order valence-electron chi connectivity index (χ2n) is 5.05. The van der Waals surface area contributed by atoms with Crippen LogP contribution in [0.1, 0.15) is 0 Å². The highest BCUT2D eigenvalue weighted by molar-refractivity contribution is 7.79. The second kappa shape index (κ2) is 21.7. The van der Waals surface area contributed by atoms with Gasteiger partial charge in [-0.2, -0.15) is 44.9 Å². The van der Waals surface area contributed by atoms with Gasteiger partial charge in [0.25, 0.3) is 0 Å². The molecule has 3 aromatic heterocycles. The van der Waals surface area contributed by atoms with E-state index in [4.69, 9.17) is 86.6 Å². The molecule has 0 amide bonds. The maximum absolute atomic E-state index is 8.52. The Labute approximate surface area is 230 Å². The Bertz CT molecular complexity index is 1040. The van der Waals surface area contributed by atoms with Gasteiger partial charge in [-0.3, -0.25) is 16.8 Å². The molecular weight excluding hydrogens is 608 g/mol. The first-order valence-electron chi connectivity index (χ1n) is 7.96. The fraction of sp³-hybridized carbons (Fsp3) is 0. The Morgan fingerprint density at radius 2 is 0.366 bits per heavy atom. The third-order valence-corrected chi connectivity index (χ3v) is 2.06. The molecule has 0 fully saturated rings. The molecule has 0 aliphatic carbocycles. The second-order valence-corrected chi connectivity index (χ2v) is 6.68. The van der Waals surface area contributed by atoms with Crippen LogP contribution >= 0.6 is 0 Å². The molecule has 0 aliphatic rings. The maximum Gasteiger partial charge on any atom is 0.226 e. The number of hydrogen-bond donors (Lipinski definition) is 13. The molecule has 0 aromatic carbocycles. The van der Waals surface area contributed by atoms with E-state index in [-0.39, 0.29) is 78.1 Å². The van der Waals surface area contributed by atoms with E-state index in [2.05, 4.69) is 44.9 Å². The Balaban J connectivity index is -0.0000000933. The number of quaternary nitrogens is 4. The summed E-state index contributed by atoms with van der Waals surface area (Å²) >= 11 is 0. The molecule has 0 radical (unpaired) electrons. The van der Waals surface area contributed by atoms with E-state index in [1.807, 2.05) is 0 Å². The molecule has 0 saturated heterocycles. The highest BCUT2D eigenvalue weighted by atomic mass is 32.3. The molecular formula is C9H34N22O8S2. The summed E-state index contributed by atoms with van der Waals surface area (Å²) in [6, 6.07) is 0. The fourth-order valence-corrected chi connectivity index (χ4v) is 1.28. The van der Waals surface area contributed by atoms with Crippen LogP contribution in [0.4, 0.5) is 53.5 Å². The van der Waals surface area contributed by atoms with Crippen molar-refractivity contribution in [2.75, 3.05) is 51.6 Å². The zero-order valence-electron chi connectivity index (χ0n) is 21.8. The number of hydrogen-bond acceptors (Lipinski definition) is 26. The van der Waals surface area contributed by atoms with Crippen LogP contribution in [-0.4, -0.2) is 79.9 Å². The fourth-order valence-electron chi connectivity index (χ4n) is 1.28. The lowest BCUT2D eigenvalue weighted by Gasteiger charge is -2.06. The van der Waals surface area contributed by atoms with Crippen LogP contribution in [0.5, 0.6) is 0 Å². The van der Waals surface area contributed by atoms with E-state index in [0.29, 0.717) is 0 Å². The van der Waals surface area contributed by atoms with Gasteiger partial charge in [0.1, 0.15) is 0 Å². The Hall–Kier alpha value is -5.19. The third-order valence-electron chi connectivity index (χ3n) is 2.06. The van der Waals surface area contributed by atoms with Crippen molar-refractivity contribution in [3.63, 3.8) is 0 Å². The minimum atomic E-state index is -5.17. The van der Waals surface area contributed by atoms with E-state index in [9.17, 15) is 0 Å². The third kappa shape index (κ3) is 39.5. The molecule has 3 heterocycles. The minimum Gasteiger partial charge on any atom is -0.759 e. The lowest BCUT2D eigenvalue weighted by molar-refractivity contribution is 0.350. The molecule has 0 bridgehead atoms. The van der Waals surface area contributed by atoms with E-state index in [1.54, 1.807) is 0 Å². The van der Waals surface area contributed by atoms with Crippen molar-refractivity contribution < 1.29 is 35.0 Å². The Morgan fingerprint density at radius 1 is 0.317 bits per heavy atom. The molecule has 0 atom stereocenters. The van der Waals surface area contributed by atoms with Crippen LogP contribution in [0.25, 0.3) is 0 Å². The van der Waals surface area contributed by atoms with E-state index >= 15 is 0 Å². The monoisotopic (exact) mass is 642 g/mol. The zero-order chi connectivity index (χ0) is 29.6. The molecule has 3 rings (SSSR count). The van der Waals surface area contributed by atoms with Gasteiger partial charge in [-0.25, -0.2) is 0 Å². The Morgan fingerprint density at radius 3 is 0.415 bits per heavy atom. The molecule has 0 unspecified atom stereocenters. The molecule has 0 aliphatic heterocycles. The summed E-state index contributed by atoms with van der Waals surface area (Å²) < 4.78 is 68.2. The molecule has 0 saturated carbocycles. The lowest BCUT2D eigenvalue weighted by atomic mass is 10.9. The number of anilines is 9.